The number of pyridine rings is 1. The highest BCUT2D eigenvalue weighted by Gasteiger charge is 2.03. The molecule has 0 aromatic carbocycles. The summed E-state index contributed by atoms with van der Waals surface area (Å²) in [6.07, 6.45) is 9.92. The van der Waals surface area contributed by atoms with Crippen molar-refractivity contribution in [3.63, 3.8) is 0 Å². The Morgan fingerprint density at radius 1 is 1.22 bits per heavy atom. The highest BCUT2D eigenvalue weighted by Crippen LogP contribution is 2.26. The van der Waals surface area contributed by atoms with Gasteiger partial charge in [-0.05, 0) is 28.3 Å². The zero-order chi connectivity index (χ0) is 13.4. The minimum absolute atomic E-state index is 0.698. The number of aromatic nitrogens is 1. The third-order valence-electron chi connectivity index (χ3n) is 2.94. The van der Waals surface area contributed by atoms with Gasteiger partial charge in [0, 0.05) is 12.7 Å². The Kier molecular flexibility index (Phi) is 7.09. The highest BCUT2D eigenvalue weighted by molar-refractivity contribution is 9.10. The molecule has 0 amide bonds. The molecule has 0 bridgehead atoms. The van der Waals surface area contributed by atoms with Gasteiger partial charge in [0.15, 0.2) is 0 Å². The van der Waals surface area contributed by atoms with Gasteiger partial charge in [-0.1, -0.05) is 39.5 Å². The zero-order valence-corrected chi connectivity index (χ0v) is 13.0. The van der Waals surface area contributed by atoms with Crippen LogP contribution in [0.15, 0.2) is 16.9 Å². The quantitative estimate of drug-likeness (QED) is 0.697. The van der Waals surface area contributed by atoms with Gasteiger partial charge in [0.05, 0.1) is 22.0 Å². The topological polar surface area (TPSA) is 50.9 Å². The molecule has 4 heteroatoms. The third-order valence-corrected chi connectivity index (χ3v) is 3.54. The fourth-order valence-electron chi connectivity index (χ4n) is 1.88. The standard InChI is InChI=1S/C14H24BrN3/c1-11(2)7-5-3-4-6-8-18-14-12(15)9-17-10-13(14)16/h9-11H,3-8,16H2,1-2H3,(H,17,18). The first-order valence-corrected chi connectivity index (χ1v) is 7.53. The average Bonchev–Trinajstić information content (AvgIpc) is 2.30. The van der Waals surface area contributed by atoms with Gasteiger partial charge in [0.1, 0.15) is 0 Å². The van der Waals surface area contributed by atoms with E-state index in [4.69, 9.17) is 5.73 Å². The molecule has 1 rings (SSSR count). The van der Waals surface area contributed by atoms with Crippen LogP contribution in [0.2, 0.25) is 0 Å². The van der Waals surface area contributed by atoms with Crippen LogP contribution in [0.25, 0.3) is 0 Å². The Bertz CT molecular complexity index is 333. The molecule has 0 saturated carbocycles. The summed E-state index contributed by atoms with van der Waals surface area (Å²) < 4.78 is 0.933. The van der Waals surface area contributed by atoms with Crippen LogP contribution < -0.4 is 11.1 Å². The smallest absolute Gasteiger partial charge is 0.0750 e. The fraction of sp³-hybridized carbons (Fsp3) is 0.643. The number of hydrogen-bond donors (Lipinski definition) is 2. The lowest BCUT2D eigenvalue weighted by Gasteiger charge is -2.10. The minimum Gasteiger partial charge on any atom is -0.396 e. The van der Waals surface area contributed by atoms with Crippen LogP contribution >= 0.6 is 15.9 Å². The SMILES string of the molecule is CC(C)CCCCCCNc1c(N)cncc1Br. The first-order chi connectivity index (χ1) is 8.61. The number of nitrogens with zero attached hydrogens (tertiary/aromatic N) is 1. The largest absolute Gasteiger partial charge is 0.396 e. The van der Waals surface area contributed by atoms with Gasteiger partial charge in [0.25, 0.3) is 0 Å². The van der Waals surface area contributed by atoms with Crippen molar-refractivity contribution < 1.29 is 0 Å². The van der Waals surface area contributed by atoms with Crippen molar-refractivity contribution in [2.24, 2.45) is 5.92 Å². The number of nitrogens with two attached hydrogens (primary N) is 1. The molecule has 1 heterocycles. The molecule has 0 spiro atoms. The van der Waals surface area contributed by atoms with Gasteiger partial charge in [-0.2, -0.15) is 0 Å². The number of unbranched alkanes of at least 4 members (excludes halogenated alkanes) is 3. The molecule has 3 N–H and O–H groups in total. The zero-order valence-electron chi connectivity index (χ0n) is 11.4. The number of halogens is 1. The van der Waals surface area contributed by atoms with Gasteiger partial charge in [-0.15, -0.1) is 0 Å². The summed E-state index contributed by atoms with van der Waals surface area (Å²) in [5, 5.41) is 3.37. The molecule has 0 atom stereocenters. The Morgan fingerprint density at radius 2 is 1.94 bits per heavy atom. The molecule has 0 fully saturated rings. The highest BCUT2D eigenvalue weighted by atomic mass is 79.9. The summed E-state index contributed by atoms with van der Waals surface area (Å²) in [4.78, 5) is 4.02. The van der Waals surface area contributed by atoms with E-state index in [9.17, 15) is 0 Å². The van der Waals surface area contributed by atoms with Crippen LogP contribution in [0.5, 0.6) is 0 Å². The molecule has 1 aromatic rings. The molecule has 1 aromatic heterocycles. The first kappa shape index (κ1) is 15.3. The van der Waals surface area contributed by atoms with E-state index >= 15 is 0 Å². The molecule has 0 saturated heterocycles. The van der Waals surface area contributed by atoms with Crippen LogP contribution in [-0.2, 0) is 0 Å². The lowest BCUT2D eigenvalue weighted by Crippen LogP contribution is -2.05. The molecular weight excluding hydrogens is 290 g/mol. The molecule has 0 aliphatic rings. The van der Waals surface area contributed by atoms with Crippen LogP contribution in [0.3, 0.4) is 0 Å². The number of nitrogens with one attached hydrogen (secondary N) is 1. The van der Waals surface area contributed by atoms with Crippen molar-refractivity contribution >= 4 is 27.3 Å². The summed E-state index contributed by atoms with van der Waals surface area (Å²) in [6.45, 7) is 5.53. The normalized spacial score (nSPS) is 10.9. The van der Waals surface area contributed by atoms with E-state index < -0.39 is 0 Å². The van der Waals surface area contributed by atoms with Crippen molar-refractivity contribution in [3.05, 3.63) is 16.9 Å². The lowest BCUT2D eigenvalue weighted by molar-refractivity contribution is 0.523. The maximum atomic E-state index is 5.86. The van der Waals surface area contributed by atoms with Gasteiger partial charge in [-0.3, -0.25) is 4.98 Å². The summed E-state index contributed by atoms with van der Waals surface area (Å²) in [6, 6.07) is 0. The molecule has 18 heavy (non-hydrogen) atoms. The number of nitrogen functional groups attached to an aromatic ring is 1. The first-order valence-electron chi connectivity index (χ1n) is 6.74. The van der Waals surface area contributed by atoms with E-state index in [1.807, 2.05) is 0 Å². The Balaban J connectivity index is 2.14. The van der Waals surface area contributed by atoms with Crippen molar-refractivity contribution in [1.29, 1.82) is 0 Å². The van der Waals surface area contributed by atoms with E-state index in [0.717, 1.165) is 22.6 Å². The molecule has 0 unspecified atom stereocenters. The molecule has 0 aliphatic carbocycles. The van der Waals surface area contributed by atoms with Crippen LogP contribution in [0.4, 0.5) is 11.4 Å². The van der Waals surface area contributed by atoms with E-state index in [-0.39, 0.29) is 0 Å². The summed E-state index contributed by atoms with van der Waals surface area (Å²) in [7, 11) is 0. The average molecular weight is 314 g/mol. The Labute approximate surface area is 119 Å². The Hall–Kier alpha value is -0.770. The second-order valence-corrected chi connectivity index (χ2v) is 5.96. The second kappa shape index (κ2) is 8.35. The predicted octanol–water partition coefficient (Wildman–Crippen LogP) is 4.44. The van der Waals surface area contributed by atoms with E-state index in [1.165, 1.54) is 32.1 Å². The van der Waals surface area contributed by atoms with Gasteiger partial charge >= 0.3 is 0 Å². The molecular formula is C14H24BrN3. The second-order valence-electron chi connectivity index (χ2n) is 5.11. The summed E-state index contributed by atoms with van der Waals surface area (Å²) in [5.41, 5.74) is 7.53. The van der Waals surface area contributed by atoms with E-state index in [1.54, 1.807) is 12.4 Å². The van der Waals surface area contributed by atoms with Crippen molar-refractivity contribution in [1.82, 2.24) is 4.98 Å². The predicted molar refractivity (Wildman–Crippen MR) is 82.8 cm³/mol. The van der Waals surface area contributed by atoms with Crippen LogP contribution in [0.1, 0.15) is 46.0 Å². The van der Waals surface area contributed by atoms with E-state index in [2.05, 4.69) is 40.1 Å². The van der Waals surface area contributed by atoms with Gasteiger partial charge < -0.3 is 11.1 Å². The monoisotopic (exact) mass is 313 g/mol. The maximum absolute atomic E-state index is 5.86. The fourth-order valence-corrected chi connectivity index (χ4v) is 2.37. The maximum Gasteiger partial charge on any atom is 0.0750 e. The van der Waals surface area contributed by atoms with Crippen molar-refractivity contribution in [2.45, 2.75) is 46.0 Å². The minimum atomic E-state index is 0.698. The van der Waals surface area contributed by atoms with Crippen molar-refractivity contribution in [3.8, 4) is 0 Å². The summed E-state index contributed by atoms with van der Waals surface area (Å²) >= 11 is 3.45. The molecule has 0 radical (unpaired) electrons. The van der Waals surface area contributed by atoms with Crippen LogP contribution in [0, 0.1) is 5.92 Å². The van der Waals surface area contributed by atoms with Crippen LogP contribution in [-0.4, -0.2) is 11.5 Å². The summed E-state index contributed by atoms with van der Waals surface area (Å²) in [5.74, 6) is 0.829. The van der Waals surface area contributed by atoms with Gasteiger partial charge in [0.2, 0.25) is 0 Å². The lowest BCUT2D eigenvalue weighted by atomic mass is 10.0. The molecule has 0 aliphatic heterocycles. The number of hydrogen-bond acceptors (Lipinski definition) is 3. The van der Waals surface area contributed by atoms with E-state index in [0.29, 0.717) is 5.69 Å². The Morgan fingerprint density at radius 3 is 2.61 bits per heavy atom. The van der Waals surface area contributed by atoms with Gasteiger partial charge in [-0.25, -0.2) is 0 Å². The molecule has 102 valence electrons. The van der Waals surface area contributed by atoms with Crippen molar-refractivity contribution in [2.75, 3.05) is 17.6 Å². The number of anilines is 2. The third kappa shape index (κ3) is 5.71. The number of rotatable bonds is 8. The molecule has 3 nitrogen and oxygen atoms in total.